The number of amides is 2. The summed E-state index contributed by atoms with van der Waals surface area (Å²) in [6.07, 6.45) is 0.728. The summed E-state index contributed by atoms with van der Waals surface area (Å²) >= 11 is 1.69. The molecule has 1 rings (SSSR count). The second kappa shape index (κ2) is 7.28. The van der Waals surface area contributed by atoms with Crippen molar-refractivity contribution in [2.75, 3.05) is 13.1 Å². The molecular formula is C14H22N2O3S. The third-order valence-corrected chi connectivity index (χ3v) is 3.97. The molecule has 1 unspecified atom stereocenters. The first-order valence-electron chi connectivity index (χ1n) is 6.69. The molecule has 0 aliphatic heterocycles. The van der Waals surface area contributed by atoms with Crippen LogP contribution in [0.15, 0.2) is 6.07 Å². The molecule has 0 saturated carbocycles. The van der Waals surface area contributed by atoms with Crippen molar-refractivity contribution in [2.24, 2.45) is 0 Å². The smallest absolute Gasteiger partial charge is 0.323 e. The lowest BCUT2D eigenvalue weighted by Gasteiger charge is -2.23. The Morgan fingerprint density at radius 2 is 2.10 bits per heavy atom. The fourth-order valence-electron chi connectivity index (χ4n) is 2.12. The van der Waals surface area contributed by atoms with Crippen LogP contribution < -0.4 is 5.32 Å². The van der Waals surface area contributed by atoms with Crippen LogP contribution in [0.1, 0.15) is 41.6 Å². The van der Waals surface area contributed by atoms with Gasteiger partial charge in [-0.25, -0.2) is 4.79 Å². The van der Waals surface area contributed by atoms with Crippen LogP contribution in [0.4, 0.5) is 4.79 Å². The lowest BCUT2D eigenvalue weighted by atomic mass is 10.1. The van der Waals surface area contributed by atoms with Crippen molar-refractivity contribution in [3.63, 3.8) is 0 Å². The van der Waals surface area contributed by atoms with E-state index in [4.69, 9.17) is 5.11 Å². The van der Waals surface area contributed by atoms with Crippen LogP contribution in [0.3, 0.4) is 0 Å². The van der Waals surface area contributed by atoms with E-state index in [0.717, 1.165) is 12.0 Å². The molecule has 0 aliphatic carbocycles. The molecule has 112 valence electrons. The summed E-state index contributed by atoms with van der Waals surface area (Å²) in [4.78, 5) is 26.6. The van der Waals surface area contributed by atoms with Crippen molar-refractivity contribution in [1.82, 2.24) is 10.2 Å². The Morgan fingerprint density at radius 1 is 1.45 bits per heavy atom. The molecule has 2 amide bonds. The summed E-state index contributed by atoms with van der Waals surface area (Å²) in [5.41, 5.74) is 1.09. The Bertz CT molecular complexity index is 485. The van der Waals surface area contributed by atoms with Crippen molar-refractivity contribution < 1.29 is 14.7 Å². The number of urea groups is 1. The van der Waals surface area contributed by atoms with E-state index in [1.54, 1.807) is 11.3 Å². The van der Waals surface area contributed by atoms with Crippen LogP contribution in [0.2, 0.25) is 0 Å². The number of carboxylic acid groups (broad SMARTS) is 1. The topological polar surface area (TPSA) is 69.6 Å². The maximum Gasteiger partial charge on any atom is 0.323 e. The average molecular weight is 298 g/mol. The van der Waals surface area contributed by atoms with Crippen LogP contribution in [-0.2, 0) is 4.79 Å². The van der Waals surface area contributed by atoms with Crippen LogP contribution in [0.25, 0.3) is 0 Å². The molecule has 0 aliphatic rings. The minimum atomic E-state index is -0.996. The molecule has 0 spiro atoms. The molecule has 1 heterocycles. The Hall–Kier alpha value is -1.56. The highest BCUT2D eigenvalue weighted by atomic mass is 32.1. The quantitative estimate of drug-likeness (QED) is 0.848. The summed E-state index contributed by atoms with van der Waals surface area (Å²) in [6.45, 7) is 8.05. The molecule has 1 aromatic rings. The number of nitrogens with one attached hydrogen (secondary N) is 1. The zero-order valence-corrected chi connectivity index (χ0v) is 13.2. The van der Waals surface area contributed by atoms with Crippen molar-refractivity contribution >= 4 is 23.3 Å². The SMILES string of the molecule is CCCN(CC(=O)O)C(=O)NC(C)c1cc(C)sc1C. The summed E-state index contributed by atoms with van der Waals surface area (Å²) in [5.74, 6) is -0.996. The first-order chi connectivity index (χ1) is 9.35. The Labute approximate surface area is 123 Å². The van der Waals surface area contributed by atoms with Crippen molar-refractivity contribution in [3.8, 4) is 0 Å². The predicted molar refractivity (Wildman–Crippen MR) is 80.2 cm³/mol. The highest BCUT2D eigenvalue weighted by Gasteiger charge is 2.19. The fourth-order valence-corrected chi connectivity index (χ4v) is 3.14. The third-order valence-electron chi connectivity index (χ3n) is 2.99. The second-order valence-electron chi connectivity index (χ2n) is 4.86. The zero-order valence-electron chi connectivity index (χ0n) is 12.4. The summed E-state index contributed by atoms with van der Waals surface area (Å²) in [7, 11) is 0. The highest BCUT2D eigenvalue weighted by Crippen LogP contribution is 2.26. The van der Waals surface area contributed by atoms with Gasteiger partial charge in [0.15, 0.2) is 0 Å². The molecule has 6 heteroatoms. The van der Waals surface area contributed by atoms with Gasteiger partial charge in [-0.05, 0) is 38.8 Å². The van der Waals surface area contributed by atoms with Gasteiger partial charge in [0.1, 0.15) is 6.54 Å². The van der Waals surface area contributed by atoms with Crippen LogP contribution in [-0.4, -0.2) is 35.1 Å². The van der Waals surface area contributed by atoms with Gasteiger partial charge >= 0.3 is 12.0 Å². The Kier molecular flexibility index (Phi) is 6.01. The third kappa shape index (κ3) is 4.52. The number of hydrogen-bond acceptors (Lipinski definition) is 3. The summed E-state index contributed by atoms with van der Waals surface area (Å²) < 4.78 is 0. The molecule has 1 atom stereocenters. The van der Waals surface area contributed by atoms with E-state index in [0.29, 0.717) is 6.54 Å². The van der Waals surface area contributed by atoms with Crippen LogP contribution in [0.5, 0.6) is 0 Å². The largest absolute Gasteiger partial charge is 0.480 e. The van der Waals surface area contributed by atoms with Crippen molar-refractivity contribution in [2.45, 2.75) is 40.2 Å². The highest BCUT2D eigenvalue weighted by molar-refractivity contribution is 7.12. The number of aryl methyl sites for hydroxylation is 2. The molecular weight excluding hydrogens is 276 g/mol. The number of thiophene rings is 1. The van der Waals surface area contributed by atoms with Gasteiger partial charge in [0.05, 0.1) is 6.04 Å². The van der Waals surface area contributed by atoms with E-state index < -0.39 is 5.97 Å². The van der Waals surface area contributed by atoms with E-state index in [9.17, 15) is 9.59 Å². The number of nitrogens with zero attached hydrogens (tertiary/aromatic N) is 1. The normalized spacial score (nSPS) is 12.0. The Balaban J connectivity index is 2.71. The van der Waals surface area contributed by atoms with Gasteiger partial charge in [0.25, 0.3) is 0 Å². The summed E-state index contributed by atoms with van der Waals surface area (Å²) in [5, 5.41) is 11.7. The lowest BCUT2D eigenvalue weighted by molar-refractivity contribution is -0.137. The molecule has 1 aromatic heterocycles. The first-order valence-corrected chi connectivity index (χ1v) is 7.51. The molecule has 0 fully saturated rings. The monoisotopic (exact) mass is 298 g/mol. The fraction of sp³-hybridized carbons (Fsp3) is 0.571. The van der Waals surface area contributed by atoms with Gasteiger partial charge in [-0.15, -0.1) is 11.3 Å². The van der Waals surface area contributed by atoms with E-state index in [-0.39, 0.29) is 18.6 Å². The molecule has 2 N–H and O–H groups in total. The number of aliphatic carboxylic acids is 1. The van der Waals surface area contributed by atoms with Gasteiger partial charge in [0, 0.05) is 16.3 Å². The second-order valence-corrected chi connectivity index (χ2v) is 6.32. The van der Waals surface area contributed by atoms with Crippen molar-refractivity contribution in [3.05, 3.63) is 21.4 Å². The molecule has 0 bridgehead atoms. The molecule has 5 nitrogen and oxygen atoms in total. The van der Waals surface area contributed by atoms with Crippen LogP contribution in [0, 0.1) is 13.8 Å². The lowest BCUT2D eigenvalue weighted by Crippen LogP contribution is -2.44. The van der Waals surface area contributed by atoms with Gasteiger partial charge in [-0.3, -0.25) is 4.79 Å². The first kappa shape index (κ1) is 16.5. The van der Waals surface area contributed by atoms with Gasteiger partial charge < -0.3 is 15.3 Å². The Morgan fingerprint density at radius 3 is 2.55 bits per heavy atom. The van der Waals surface area contributed by atoms with Gasteiger partial charge in [-0.2, -0.15) is 0 Å². The number of carbonyl (C=O) groups excluding carboxylic acids is 1. The van der Waals surface area contributed by atoms with E-state index in [1.807, 2.05) is 27.7 Å². The minimum Gasteiger partial charge on any atom is -0.480 e. The van der Waals surface area contributed by atoms with E-state index >= 15 is 0 Å². The number of rotatable bonds is 6. The molecule has 0 aromatic carbocycles. The molecule has 0 radical (unpaired) electrons. The van der Waals surface area contributed by atoms with E-state index in [2.05, 4.69) is 11.4 Å². The maximum atomic E-state index is 12.1. The predicted octanol–water partition coefficient (Wildman–Crippen LogP) is 2.93. The average Bonchev–Trinajstić information content (AvgIpc) is 2.67. The number of carbonyl (C=O) groups is 2. The van der Waals surface area contributed by atoms with E-state index in [1.165, 1.54) is 14.7 Å². The summed E-state index contributed by atoms with van der Waals surface area (Å²) in [6, 6.07) is 1.61. The van der Waals surface area contributed by atoms with Crippen molar-refractivity contribution in [1.29, 1.82) is 0 Å². The zero-order chi connectivity index (χ0) is 15.3. The van der Waals surface area contributed by atoms with Crippen LogP contribution >= 0.6 is 11.3 Å². The molecule has 20 heavy (non-hydrogen) atoms. The van der Waals surface area contributed by atoms with Gasteiger partial charge in [-0.1, -0.05) is 6.92 Å². The number of carboxylic acids is 1. The minimum absolute atomic E-state index is 0.124. The number of hydrogen-bond donors (Lipinski definition) is 2. The van der Waals surface area contributed by atoms with Gasteiger partial charge in [0.2, 0.25) is 0 Å². The molecule has 0 saturated heterocycles. The maximum absolute atomic E-state index is 12.1. The standard InChI is InChI=1S/C14H22N2O3S/c1-5-6-16(8-13(17)18)14(19)15-10(3)12-7-9(2)20-11(12)4/h7,10H,5-6,8H2,1-4H3,(H,15,19)(H,17,18).